The molecule has 3 heterocycles. The van der Waals surface area contributed by atoms with Gasteiger partial charge in [-0.15, -0.1) is 21.5 Å². The molecule has 146 valence electrons. The second-order valence-electron chi connectivity index (χ2n) is 6.14. The summed E-state index contributed by atoms with van der Waals surface area (Å²) in [6.45, 7) is 5.69. The number of aromatic nitrogens is 3. The van der Waals surface area contributed by atoms with Crippen molar-refractivity contribution in [2.75, 3.05) is 18.5 Å². The Balaban J connectivity index is 1.45. The molecule has 1 aromatic carbocycles. The predicted octanol–water partition coefficient (Wildman–Crippen LogP) is 3.92. The van der Waals surface area contributed by atoms with Crippen LogP contribution in [0.3, 0.4) is 0 Å². The summed E-state index contributed by atoms with van der Waals surface area (Å²) in [6.07, 6.45) is 0. The number of hydrogen-bond acceptors (Lipinski definition) is 7. The molecule has 1 aliphatic rings. The number of nitrogens with zero attached hydrogens (tertiary/aromatic N) is 3. The normalized spacial score (nSPS) is 13.9. The van der Waals surface area contributed by atoms with Crippen molar-refractivity contribution in [3.05, 3.63) is 35.7 Å². The SMILES string of the molecule is CCn1c(S[C@@H](C)C(=O)Nc2ccc3c(c2)OCCO3)nnc1-c1cccs1. The summed E-state index contributed by atoms with van der Waals surface area (Å²) >= 11 is 3.02. The number of hydrogen-bond donors (Lipinski definition) is 1. The Morgan fingerprint density at radius 2 is 2.11 bits per heavy atom. The number of ether oxygens (including phenoxy) is 2. The average molecular weight is 417 g/mol. The number of amides is 1. The molecule has 0 radical (unpaired) electrons. The first-order valence-electron chi connectivity index (χ1n) is 9.00. The summed E-state index contributed by atoms with van der Waals surface area (Å²) < 4.78 is 13.1. The highest BCUT2D eigenvalue weighted by atomic mass is 32.2. The number of benzene rings is 1. The Labute approximate surface area is 171 Å². The number of carbonyl (C=O) groups excluding carboxylic acids is 1. The lowest BCUT2D eigenvalue weighted by molar-refractivity contribution is -0.115. The lowest BCUT2D eigenvalue weighted by atomic mass is 10.2. The highest BCUT2D eigenvalue weighted by molar-refractivity contribution is 8.00. The monoisotopic (exact) mass is 416 g/mol. The van der Waals surface area contributed by atoms with E-state index >= 15 is 0 Å². The Morgan fingerprint density at radius 1 is 1.29 bits per heavy atom. The van der Waals surface area contributed by atoms with Crippen LogP contribution in [0, 0.1) is 0 Å². The van der Waals surface area contributed by atoms with E-state index in [1.807, 2.05) is 48.1 Å². The van der Waals surface area contributed by atoms with Gasteiger partial charge in [-0.05, 0) is 37.4 Å². The van der Waals surface area contributed by atoms with Gasteiger partial charge >= 0.3 is 0 Å². The van der Waals surface area contributed by atoms with Gasteiger partial charge in [-0.1, -0.05) is 17.8 Å². The predicted molar refractivity (Wildman–Crippen MR) is 110 cm³/mol. The topological polar surface area (TPSA) is 78.3 Å². The van der Waals surface area contributed by atoms with Crippen LogP contribution < -0.4 is 14.8 Å². The van der Waals surface area contributed by atoms with Crippen LogP contribution in [0.4, 0.5) is 5.69 Å². The van der Waals surface area contributed by atoms with Gasteiger partial charge in [0.15, 0.2) is 22.5 Å². The van der Waals surface area contributed by atoms with Crippen LogP contribution in [0.5, 0.6) is 11.5 Å². The van der Waals surface area contributed by atoms with E-state index in [1.54, 1.807) is 17.4 Å². The Hall–Kier alpha value is -2.52. The third-order valence-electron chi connectivity index (χ3n) is 4.24. The smallest absolute Gasteiger partial charge is 0.237 e. The van der Waals surface area contributed by atoms with E-state index in [4.69, 9.17) is 9.47 Å². The van der Waals surface area contributed by atoms with Gasteiger partial charge in [-0.3, -0.25) is 4.79 Å². The molecule has 4 rings (SSSR count). The lowest BCUT2D eigenvalue weighted by Crippen LogP contribution is -2.23. The Bertz CT molecular complexity index is 972. The summed E-state index contributed by atoms with van der Waals surface area (Å²) in [4.78, 5) is 13.7. The van der Waals surface area contributed by atoms with Crippen LogP contribution in [0.25, 0.3) is 10.7 Å². The van der Waals surface area contributed by atoms with E-state index in [9.17, 15) is 4.79 Å². The number of nitrogens with one attached hydrogen (secondary N) is 1. The zero-order valence-corrected chi connectivity index (χ0v) is 17.2. The van der Waals surface area contributed by atoms with Gasteiger partial charge in [0.2, 0.25) is 5.91 Å². The maximum atomic E-state index is 12.7. The van der Waals surface area contributed by atoms with Gasteiger partial charge in [-0.25, -0.2) is 0 Å². The molecule has 0 saturated heterocycles. The Morgan fingerprint density at radius 3 is 2.86 bits per heavy atom. The molecule has 2 aromatic heterocycles. The highest BCUT2D eigenvalue weighted by Crippen LogP contribution is 2.33. The third kappa shape index (κ3) is 3.85. The van der Waals surface area contributed by atoms with E-state index in [1.165, 1.54) is 11.8 Å². The van der Waals surface area contributed by atoms with E-state index in [0.29, 0.717) is 30.4 Å². The molecule has 0 spiro atoms. The molecule has 28 heavy (non-hydrogen) atoms. The molecular formula is C19H20N4O3S2. The molecule has 3 aromatic rings. The maximum absolute atomic E-state index is 12.7. The van der Waals surface area contributed by atoms with Crippen LogP contribution in [0.15, 0.2) is 40.9 Å². The fourth-order valence-electron chi connectivity index (χ4n) is 2.83. The summed E-state index contributed by atoms with van der Waals surface area (Å²) in [5, 5.41) is 14.0. The van der Waals surface area contributed by atoms with Crippen molar-refractivity contribution in [3.63, 3.8) is 0 Å². The second-order valence-corrected chi connectivity index (χ2v) is 8.39. The zero-order chi connectivity index (χ0) is 19.5. The van der Waals surface area contributed by atoms with Gasteiger partial charge < -0.3 is 19.4 Å². The van der Waals surface area contributed by atoms with Crippen LogP contribution in [0.1, 0.15) is 13.8 Å². The summed E-state index contributed by atoms with van der Waals surface area (Å²) in [6, 6.07) is 9.42. The fraction of sp³-hybridized carbons (Fsp3) is 0.316. The molecule has 0 aliphatic carbocycles. The van der Waals surface area contributed by atoms with Crippen LogP contribution >= 0.6 is 23.1 Å². The third-order valence-corrected chi connectivity index (χ3v) is 6.18. The maximum Gasteiger partial charge on any atom is 0.237 e. The molecule has 1 aliphatic heterocycles. The standard InChI is InChI=1S/C19H20N4O3S2/c1-3-23-17(16-5-4-10-27-16)21-22-19(23)28-12(2)18(24)20-13-6-7-14-15(11-13)26-9-8-25-14/h4-7,10-12H,3,8-9H2,1-2H3,(H,20,24)/t12-/m0/s1. The van der Waals surface area contributed by atoms with Gasteiger partial charge in [0.1, 0.15) is 13.2 Å². The highest BCUT2D eigenvalue weighted by Gasteiger charge is 2.21. The van der Waals surface area contributed by atoms with Crippen molar-refractivity contribution in [1.82, 2.24) is 14.8 Å². The molecule has 0 bridgehead atoms. The summed E-state index contributed by atoms with van der Waals surface area (Å²) in [5.74, 6) is 2.07. The first-order chi connectivity index (χ1) is 13.7. The first-order valence-corrected chi connectivity index (χ1v) is 10.8. The molecule has 0 saturated carbocycles. The summed E-state index contributed by atoms with van der Waals surface area (Å²) in [5.41, 5.74) is 0.679. The number of thioether (sulfide) groups is 1. The lowest BCUT2D eigenvalue weighted by Gasteiger charge is -2.19. The molecule has 9 heteroatoms. The number of anilines is 1. The van der Waals surface area contributed by atoms with Crippen molar-refractivity contribution in [2.45, 2.75) is 30.8 Å². The number of thiophene rings is 1. The molecular weight excluding hydrogens is 396 g/mol. The average Bonchev–Trinajstić information content (AvgIpc) is 3.37. The molecule has 1 amide bonds. The molecule has 7 nitrogen and oxygen atoms in total. The fourth-order valence-corrected chi connectivity index (χ4v) is 4.46. The quantitative estimate of drug-likeness (QED) is 0.614. The van der Waals surface area contributed by atoms with E-state index in [-0.39, 0.29) is 11.2 Å². The minimum Gasteiger partial charge on any atom is -0.486 e. The van der Waals surface area contributed by atoms with Crippen molar-refractivity contribution >= 4 is 34.7 Å². The number of carbonyl (C=O) groups is 1. The first kappa shape index (κ1) is 18.8. The van der Waals surface area contributed by atoms with E-state index in [0.717, 1.165) is 22.4 Å². The van der Waals surface area contributed by atoms with Crippen LogP contribution in [-0.2, 0) is 11.3 Å². The van der Waals surface area contributed by atoms with E-state index < -0.39 is 0 Å². The van der Waals surface area contributed by atoms with Crippen molar-refractivity contribution in [2.24, 2.45) is 0 Å². The second kappa shape index (κ2) is 8.24. The minimum atomic E-state index is -0.334. The number of fused-ring (bicyclic) bond motifs is 1. The Kier molecular flexibility index (Phi) is 5.54. The van der Waals surface area contributed by atoms with Gasteiger partial charge in [0.25, 0.3) is 0 Å². The van der Waals surface area contributed by atoms with Crippen molar-refractivity contribution < 1.29 is 14.3 Å². The van der Waals surface area contributed by atoms with Gasteiger partial charge in [0.05, 0.1) is 10.1 Å². The molecule has 0 unspecified atom stereocenters. The number of rotatable bonds is 6. The van der Waals surface area contributed by atoms with Crippen molar-refractivity contribution in [3.8, 4) is 22.2 Å². The van der Waals surface area contributed by atoms with Crippen LogP contribution in [0.2, 0.25) is 0 Å². The summed E-state index contributed by atoms with van der Waals surface area (Å²) in [7, 11) is 0. The minimum absolute atomic E-state index is 0.106. The van der Waals surface area contributed by atoms with Crippen LogP contribution in [-0.4, -0.2) is 39.1 Å². The van der Waals surface area contributed by atoms with Gasteiger partial charge in [0, 0.05) is 18.3 Å². The van der Waals surface area contributed by atoms with E-state index in [2.05, 4.69) is 15.5 Å². The zero-order valence-electron chi connectivity index (χ0n) is 15.5. The largest absolute Gasteiger partial charge is 0.486 e. The molecule has 1 N–H and O–H groups in total. The molecule has 0 fully saturated rings. The molecule has 1 atom stereocenters. The van der Waals surface area contributed by atoms with Gasteiger partial charge in [-0.2, -0.15) is 0 Å². The van der Waals surface area contributed by atoms with Crippen molar-refractivity contribution in [1.29, 1.82) is 0 Å².